The van der Waals surface area contributed by atoms with E-state index in [1.165, 1.54) is 4.90 Å². The Balaban J connectivity index is 1.81. The fraction of sp³-hybridized carbons (Fsp3) is 0.600. The first-order valence-electron chi connectivity index (χ1n) is 9.36. The first-order valence-corrected chi connectivity index (χ1v) is 9.36. The zero-order valence-corrected chi connectivity index (χ0v) is 15.1. The molecule has 0 saturated carbocycles. The molecular formula is C20H29NO4. The highest BCUT2D eigenvalue weighted by Crippen LogP contribution is 2.20. The number of carbonyl (C=O) groups is 2. The van der Waals surface area contributed by atoms with Crippen molar-refractivity contribution < 1.29 is 19.1 Å². The van der Waals surface area contributed by atoms with Gasteiger partial charge >= 0.3 is 12.1 Å². The summed E-state index contributed by atoms with van der Waals surface area (Å²) >= 11 is 0. The minimum atomic E-state index is -0.511. The van der Waals surface area contributed by atoms with E-state index in [2.05, 4.69) is 6.92 Å². The van der Waals surface area contributed by atoms with Crippen molar-refractivity contribution in [2.24, 2.45) is 0 Å². The van der Waals surface area contributed by atoms with Crippen molar-refractivity contribution in [1.29, 1.82) is 0 Å². The molecule has 0 radical (unpaired) electrons. The molecule has 0 N–H and O–H groups in total. The third-order valence-corrected chi connectivity index (χ3v) is 4.46. The minimum absolute atomic E-state index is 0.217. The van der Waals surface area contributed by atoms with E-state index in [0.29, 0.717) is 19.6 Å². The number of amides is 1. The fourth-order valence-electron chi connectivity index (χ4n) is 3.00. The van der Waals surface area contributed by atoms with E-state index in [1.807, 2.05) is 30.3 Å². The van der Waals surface area contributed by atoms with Crippen LogP contribution in [-0.2, 0) is 20.9 Å². The molecule has 1 saturated heterocycles. The number of likely N-dealkylation sites (tertiary alicyclic amines) is 1. The summed E-state index contributed by atoms with van der Waals surface area (Å²) in [4.78, 5) is 26.3. The second kappa shape index (κ2) is 10.7. The number of hydrogen-bond donors (Lipinski definition) is 0. The lowest BCUT2D eigenvalue weighted by Crippen LogP contribution is -2.48. The van der Waals surface area contributed by atoms with Crippen LogP contribution in [0.15, 0.2) is 30.3 Å². The van der Waals surface area contributed by atoms with Gasteiger partial charge in [0.2, 0.25) is 0 Å². The molecule has 1 aliphatic rings. The fourth-order valence-corrected chi connectivity index (χ4v) is 3.00. The molecule has 1 amide bonds. The Morgan fingerprint density at radius 2 is 1.88 bits per heavy atom. The van der Waals surface area contributed by atoms with E-state index >= 15 is 0 Å². The monoisotopic (exact) mass is 347 g/mol. The van der Waals surface area contributed by atoms with Crippen LogP contribution in [0.1, 0.15) is 57.4 Å². The molecule has 0 aliphatic carbocycles. The normalized spacial score (nSPS) is 17.2. The van der Waals surface area contributed by atoms with Crippen LogP contribution in [0.3, 0.4) is 0 Å². The Hall–Kier alpha value is -2.04. The maximum atomic E-state index is 12.4. The second-order valence-corrected chi connectivity index (χ2v) is 6.47. The van der Waals surface area contributed by atoms with E-state index in [9.17, 15) is 9.59 Å². The quantitative estimate of drug-likeness (QED) is 0.520. The number of unbranched alkanes of at least 4 members (excludes halogenated alkanes) is 3. The SMILES string of the molecule is CCCCCCOC(=O)[C@@H]1CCCCN1C(=O)OCc1ccccc1. The second-order valence-electron chi connectivity index (χ2n) is 6.47. The first-order chi connectivity index (χ1) is 12.2. The van der Waals surface area contributed by atoms with Gasteiger partial charge in [-0.05, 0) is 31.2 Å². The van der Waals surface area contributed by atoms with Gasteiger partial charge in [0, 0.05) is 6.54 Å². The Bertz CT molecular complexity index is 532. The molecule has 0 spiro atoms. The van der Waals surface area contributed by atoms with Crippen LogP contribution in [0.2, 0.25) is 0 Å². The van der Waals surface area contributed by atoms with Crippen LogP contribution < -0.4 is 0 Å². The van der Waals surface area contributed by atoms with Gasteiger partial charge < -0.3 is 9.47 Å². The summed E-state index contributed by atoms with van der Waals surface area (Å²) in [7, 11) is 0. The van der Waals surface area contributed by atoms with Gasteiger partial charge in [-0.2, -0.15) is 0 Å². The molecule has 0 aromatic heterocycles. The van der Waals surface area contributed by atoms with Crippen molar-refractivity contribution in [3.63, 3.8) is 0 Å². The predicted octanol–water partition coefficient (Wildman–Crippen LogP) is 4.30. The number of hydrogen-bond acceptors (Lipinski definition) is 4. The van der Waals surface area contributed by atoms with Gasteiger partial charge in [-0.25, -0.2) is 9.59 Å². The minimum Gasteiger partial charge on any atom is -0.464 e. The molecule has 0 bridgehead atoms. The van der Waals surface area contributed by atoms with Gasteiger partial charge in [-0.3, -0.25) is 4.90 Å². The maximum absolute atomic E-state index is 12.4. The smallest absolute Gasteiger partial charge is 0.410 e. The topological polar surface area (TPSA) is 55.8 Å². The van der Waals surface area contributed by atoms with Crippen molar-refractivity contribution in [3.8, 4) is 0 Å². The highest BCUT2D eigenvalue weighted by Gasteiger charge is 2.34. The van der Waals surface area contributed by atoms with Gasteiger partial charge in [0.1, 0.15) is 12.6 Å². The summed E-state index contributed by atoms with van der Waals surface area (Å²) in [6, 6.07) is 9.04. The summed E-state index contributed by atoms with van der Waals surface area (Å²) in [5, 5.41) is 0. The summed E-state index contributed by atoms with van der Waals surface area (Å²) in [6.45, 7) is 3.34. The Morgan fingerprint density at radius 3 is 2.64 bits per heavy atom. The molecule has 2 rings (SSSR count). The molecule has 1 aromatic carbocycles. The molecule has 1 fully saturated rings. The molecule has 1 atom stereocenters. The summed E-state index contributed by atoms with van der Waals surface area (Å²) in [5.41, 5.74) is 0.933. The zero-order chi connectivity index (χ0) is 17.9. The molecule has 25 heavy (non-hydrogen) atoms. The van der Waals surface area contributed by atoms with Crippen LogP contribution in [-0.4, -0.2) is 36.2 Å². The van der Waals surface area contributed by atoms with Crippen molar-refractivity contribution in [3.05, 3.63) is 35.9 Å². The molecule has 0 unspecified atom stereocenters. The Labute approximate surface area is 150 Å². The number of esters is 1. The average Bonchev–Trinajstić information content (AvgIpc) is 2.66. The van der Waals surface area contributed by atoms with E-state index in [0.717, 1.165) is 44.1 Å². The van der Waals surface area contributed by atoms with E-state index in [-0.39, 0.29) is 12.6 Å². The van der Waals surface area contributed by atoms with E-state index in [4.69, 9.17) is 9.47 Å². The molecule has 1 aliphatic heterocycles. The summed E-state index contributed by atoms with van der Waals surface area (Å²) in [5.74, 6) is -0.298. The molecular weight excluding hydrogens is 318 g/mol. The number of piperidine rings is 1. The maximum Gasteiger partial charge on any atom is 0.410 e. The Kier molecular flexibility index (Phi) is 8.29. The van der Waals surface area contributed by atoms with Gasteiger partial charge in [0.15, 0.2) is 0 Å². The molecule has 5 heteroatoms. The molecule has 1 aromatic rings. The highest BCUT2D eigenvalue weighted by molar-refractivity contribution is 5.81. The largest absolute Gasteiger partial charge is 0.464 e. The van der Waals surface area contributed by atoms with E-state index in [1.54, 1.807) is 0 Å². The zero-order valence-electron chi connectivity index (χ0n) is 15.1. The van der Waals surface area contributed by atoms with Crippen LogP contribution in [0, 0.1) is 0 Å². The van der Waals surface area contributed by atoms with Crippen molar-refractivity contribution in [1.82, 2.24) is 4.90 Å². The van der Waals surface area contributed by atoms with Crippen molar-refractivity contribution in [2.45, 2.75) is 64.5 Å². The summed E-state index contributed by atoms with van der Waals surface area (Å²) < 4.78 is 10.8. The predicted molar refractivity (Wildman–Crippen MR) is 96.1 cm³/mol. The number of benzene rings is 1. The van der Waals surface area contributed by atoms with Crippen LogP contribution in [0.25, 0.3) is 0 Å². The van der Waals surface area contributed by atoms with E-state index < -0.39 is 12.1 Å². The number of carbonyl (C=O) groups excluding carboxylic acids is 2. The number of ether oxygens (including phenoxy) is 2. The third-order valence-electron chi connectivity index (χ3n) is 4.46. The lowest BCUT2D eigenvalue weighted by Gasteiger charge is -2.33. The highest BCUT2D eigenvalue weighted by atomic mass is 16.6. The first kappa shape index (κ1) is 19.3. The van der Waals surface area contributed by atoms with Gasteiger partial charge in [0.05, 0.1) is 6.61 Å². The standard InChI is InChI=1S/C20H29NO4/c1-2-3-4-10-15-24-19(22)18-13-8-9-14-21(18)20(23)25-16-17-11-6-5-7-12-17/h5-7,11-12,18H,2-4,8-10,13-16H2,1H3/t18-/m0/s1. The Morgan fingerprint density at radius 1 is 1.08 bits per heavy atom. The van der Waals surface area contributed by atoms with Gasteiger partial charge in [-0.1, -0.05) is 56.5 Å². The molecule has 5 nitrogen and oxygen atoms in total. The van der Waals surface area contributed by atoms with Crippen molar-refractivity contribution in [2.75, 3.05) is 13.2 Å². The third kappa shape index (κ3) is 6.40. The lowest BCUT2D eigenvalue weighted by atomic mass is 10.0. The lowest BCUT2D eigenvalue weighted by molar-refractivity contribution is -0.150. The van der Waals surface area contributed by atoms with Crippen LogP contribution in [0.5, 0.6) is 0 Å². The average molecular weight is 347 g/mol. The number of rotatable bonds is 8. The van der Waals surface area contributed by atoms with Gasteiger partial charge in [0.25, 0.3) is 0 Å². The molecule has 138 valence electrons. The number of nitrogens with zero attached hydrogens (tertiary/aromatic N) is 1. The molecule has 1 heterocycles. The van der Waals surface area contributed by atoms with Crippen LogP contribution >= 0.6 is 0 Å². The summed E-state index contributed by atoms with van der Waals surface area (Å²) in [6.07, 6.45) is 6.28. The van der Waals surface area contributed by atoms with Crippen molar-refractivity contribution >= 4 is 12.1 Å². The van der Waals surface area contributed by atoms with Crippen LogP contribution in [0.4, 0.5) is 4.79 Å². The van der Waals surface area contributed by atoms with Gasteiger partial charge in [-0.15, -0.1) is 0 Å².